The number of ether oxygens (including phenoxy) is 1. The third-order valence-corrected chi connectivity index (χ3v) is 2.25. The number of nitrogens with zero attached hydrogens (tertiary/aromatic N) is 3. The zero-order valence-corrected chi connectivity index (χ0v) is 8.67. The van der Waals surface area contributed by atoms with E-state index >= 15 is 0 Å². The van der Waals surface area contributed by atoms with Gasteiger partial charge in [-0.25, -0.2) is 15.0 Å². The van der Waals surface area contributed by atoms with E-state index in [1.165, 1.54) is 13.4 Å². The summed E-state index contributed by atoms with van der Waals surface area (Å²) >= 11 is 11.6. The van der Waals surface area contributed by atoms with E-state index < -0.39 is 0 Å². The fourth-order valence-electron chi connectivity index (χ4n) is 1.06. The molecule has 0 aromatic carbocycles. The summed E-state index contributed by atoms with van der Waals surface area (Å²) in [4.78, 5) is 11.8. The first-order valence-electron chi connectivity index (χ1n) is 3.73. The maximum atomic E-state index is 5.83. The van der Waals surface area contributed by atoms with Crippen LogP contribution in [0.15, 0.2) is 12.4 Å². The molecule has 0 spiro atoms. The van der Waals surface area contributed by atoms with E-state index in [-0.39, 0.29) is 10.3 Å². The molecule has 2 aromatic heterocycles. The number of halogens is 2. The summed E-state index contributed by atoms with van der Waals surface area (Å²) in [6.45, 7) is 0. The van der Waals surface area contributed by atoms with Crippen LogP contribution in [-0.2, 0) is 0 Å². The van der Waals surface area contributed by atoms with Crippen LogP contribution in [0.1, 0.15) is 0 Å². The van der Waals surface area contributed by atoms with E-state index in [0.717, 1.165) is 0 Å². The molecule has 0 aliphatic heterocycles. The Bertz CT molecular complexity index is 489. The summed E-state index contributed by atoms with van der Waals surface area (Å²) in [6, 6.07) is 1.66. The van der Waals surface area contributed by atoms with Crippen molar-refractivity contribution in [2.24, 2.45) is 0 Å². The Labute approximate surface area is 89.9 Å². The molecule has 0 saturated heterocycles. The number of hydrogen-bond acceptors (Lipinski definition) is 4. The lowest BCUT2D eigenvalue weighted by atomic mass is 10.3. The van der Waals surface area contributed by atoms with Gasteiger partial charge in [0.2, 0.25) is 0 Å². The van der Waals surface area contributed by atoms with Gasteiger partial charge < -0.3 is 4.74 Å². The average molecular weight is 230 g/mol. The molecule has 0 saturated carbocycles. The van der Waals surface area contributed by atoms with Crippen LogP contribution in [0, 0.1) is 0 Å². The molecular formula is C8H5Cl2N3O. The van der Waals surface area contributed by atoms with Crippen molar-refractivity contribution in [3.63, 3.8) is 0 Å². The smallest absolute Gasteiger partial charge is 0.171 e. The van der Waals surface area contributed by atoms with Gasteiger partial charge in [-0.05, 0) is 0 Å². The molecule has 0 aliphatic carbocycles. The molecule has 0 amide bonds. The van der Waals surface area contributed by atoms with Crippen molar-refractivity contribution in [1.29, 1.82) is 0 Å². The Balaban J connectivity index is 2.79. The van der Waals surface area contributed by atoms with Crippen molar-refractivity contribution in [3.8, 4) is 5.75 Å². The van der Waals surface area contributed by atoms with Crippen LogP contribution in [0.4, 0.5) is 0 Å². The highest BCUT2D eigenvalue weighted by atomic mass is 35.5. The number of hydrogen-bond donors (Lipinski definition) is 0. The van der Waals surface area contributed by atoms with Crippen molar-refractivity contribution in [1.82, 2.24) is 15.0 Å². The molecule has 72 valence electrons. The monoisotopic (exact) mass is 229 g/mol. The van der Waals surface area contributed by atoms with Crippen molar-refractivity contribution < 1.29 is 4.74 Å². The fourth-order valence-corrected chi connectivity index (χ4v) is 1.46. The third kappa shape index (κ3) is 1.47. The highest BCUT2D eigenvalue weighted by Gasteiger charge is 2.08. The summed E-state index contributed by atoms with van der Waals surface area (Å²) in [5, 5.41) is 0.524. The number of rotatable bonds is 1. The van der Waals surface area contributed by atoms with E-state index in [2.05, 4.69) is 15.0 Å². The lowest BCUT2D eigenvalue weighted by molar-refractivity contribution is 0.414. The lowest BCUT2D eigenvalue weighted by Gasteiger charge is -2.03. The summed E-state index contributed by atoms with van der Waals surface area (Å²) in [5.41, 5.74) is 1.08. The molecule has 2 aromatic rings. The number of aromatic nitrogens is 3. The van der Waals surface area contributed by atoms with Gasteiger partial charge in [-0.15, -0.1) is 0 Å². The molecule has 0 aliphatic rings. The standard InChI is InChI=1S/C8H5Cl2N3O/c1-14-5-2-4-6(13-7(5)9)8(10)12-3-11-4/h2-3H,1H3. The Hall–Kier alpha value is -1.13. The molecule has 2 rings (SSSR count). The lowest BCUT2D eigenvalue weighted by Crippen LogP contribution is -1.91. The predicted octanol–water partition coefficient (Wildman–Crippen LogP) is 2.34. The zero-order chi connectivity index (χ0) is 10.1. The Morgan fingerprint density at radius 1 is 1.21 bits per heavy atom. The molecule has 14 heavy (non-hydrogen) atoms. The van der Waals surface area contributed by atoms with E-state index in [0.29, 0.717) is 16.8 Å². The number of methoxy groups -OCH3 is 1. The summed E-state index contributed by atoms with van der Waals surface area (Å²) in [5.74, 6) is 0.467. The molecular weight excluding hydrogens is 225 g/mol. The first-order valence-corrected chi connectivity index (χ1v) is 4.48. The van der Waals surface area contributed by atoms with E-state index in [1.54, 1.807) is 6.07 Å². The van der Waals surface area contributed by atoms with Crippen LogP contribution in [0.5, 0.6) is 5.75 Å². The van der Waals surface area contributed by atoms with Gasteiger partial charge in [0, 0.05) is 6.07 Å². The summed E-state index contributed by atoms with van der Waals surface area (Å²) in [7, 11) is 1.51. The van der Waals surface area contributed by atoms with Crippen LogP contribution in [-0.4, -0.2) is 22.1 Å². The molecule has 0 bridgehead atoms. The van der Waals surface area contributed by atoms with Crippen molar-refractivity contribution in [3.05, 3.63) is 22.7 Å². The van der Waals surface area contributed by atoms with E-state index in [9.17, 15) is 0 Å². The minimum absolute atomic E-state index is 0.247. The Morgan fingerprint density at radius 3 is 2.71 bits per heavy atom. The zero-order valence-electron chi connectivity index (χ0n) is 7.16. The third-order valence-electron chi connectivity index (χ3n) is 1.71. The normalized spacial score (nSPS) is 10.5. The topological polar surface area (TPSA) is 47.9 Å². The SMILES string of the molecule is COc1cc2ncnc(Cl)c2nc1Cl. The predicted molar refractivity (Wildman–Crippen MR) is 53.9 cm³/mol. The minimum Gasteiger partial charge on any atom is -0.493 e. The van der Waals surface area contributed by atoms with Crippen LogP contribution in [0.2, 0.25) is 10.3 Å². The van der Waals surface area contributed by atoms with Gasteiger partial charge >= 0.3 is 0 Å². The Morgan fingerprint density at radius 2 is 2.00 bits per heavy atom. The molecule has 0 unspecified atom stereocenters. The summed E-state index contributed by atoms with van der Waals surface area (Å²) < 4.78 is 5.00. The van der Waals surface area contributed by atoms with E-state index in [4.69, 9.17) is 27.9 Å². The van der Waals surface area contributed by atoms with Gasteiger partial charge in [-0.2, -0.15) is 0 Å². The minimum atomic E-state index is 0.247. The van der Waals surface area contributed by atoms with Gasteiger partial charge in [0.05, 0.1) is 12.6 Å². The molecule has 0 fully saturated rings. The molecule has 0 atom stereocenters. The van der Waals surface area contributed by atoms with Gasteiger partial charge in [-0.1, -0.05) is 23.2 Å². The summed E-state index contributed by atoms with van der Waals surface area (Å²) in [6.07, 6.45) is 1.36. The van der Waals surface area contributed by atoms with E-state index in [1.807, 2.05) is 0 Å². The van der Waals surface area contributed by atoms with Crippen molar-refractivity contribution in [2.75, 3.05) is 7.11 Å². The number of pyridine rings is 1. The fraction of sp³-hybridized carbons (Fsp3) is 0.125. The maximum absolute atomic E-state index is 5.83. The molecule has 6 heteroatoms. The average Bonchev–Trinajstić information content (AvgIpc) is 2.19. The van der Waals surface area contributed by atoms with Crippen LogP contribution < -0.4 is 4.74 Å². The largest absolute Gasteiger partial charge is 0.493 e. The number of fused-ring (bicyclic) bond motifs is 1. The van der Waals surface area contributed by atoms with Crippen LogP contribution >= 0.6 is 23.2 Å². The van der Waals surface area contributed by atoms with Crippen molar-refractivity contribution in [2.45, 2.75) is 0 Å². The molecule has 2 heterocycles. The molecule has 0 N–H and O–H groups in total. The molecule has 4 nitrogen and oxygen atoms in total. The van der Waals surface area contributed by atoms with Crippen molar-refractivity contribution >= 4 is 34.2 Å². The van der Waals surface area contributed by atoms with Crippen LogP contribution in [0.25, 0.3) is 11.0 Å². The maximum Gasteiger partial charge on any atom is 0.171 e. The van der Waals surface area contributed by atoms with Gasteiger partial charge in [0.25, 0.3) is 0 Å². The van der Waals surface area contributed by atoms with Gasteiger partial charge in [0.1, 0.15) is 11.8 Å². The highest BCUT2D eigenvalue weighted by Crippen LogP contribution is 2.27. The second-order valence-electron chi connectivity index (χ2n) is 2.51. The first-order chi connectivity index (χ1) is 6.72. The quantitative estimate of drug-likeness (QED) is 0.557. The Kier molecular flexibility index (Phi) is 2.39. The first kappa shape index (κ1) is 9.43. The van der Waals surface area contributed by atoms with Gasteiger partial charge in [-0.3, -0.25) is 0 Å². The molecule has 0 radical (unpaired) electrons. The second kappa shape index (κ2) is 3.55. The second-order valence-corrected chi connectivity index (χ2v) is 3.23. The van der Waals surface area contributed by atoms with Crippen LogP contribution in [0.3, 0.4) is 0 Å². The highest BCUT2D eigenvalue weighted by molar-refractivity contribution is 6.34. The van der Waals surface area contributed by atoms with Gasteiger partial charge in [0.15, 0.2) is 16.1 Å².